The summed E-state index contributed by atoms with van der Waals surface area (Å²) in [5.74, 6) is 0. The molecule has 1 atom stereocenters. The second-order valence-corrected chi connectivity index (χ2v) is 4.88. The molecule has 0 radical (unpaired) electrons. The second kappa shape index (κ2) is 4.28. The number of aryl methyl sites for hydroxylation is 1. The maximum Gasteiger partial charge on any atom is 0.166 e. The molecule has 2 rings (SSSR count). The Hall–Kier alpha value is -0.610. The van der Waals surface area contributed by atoms with Crippen LogP contribution in [0.2, 0.25) is 0 Å². The van der Waals surface area contributed by atoms with Crippen molar-refractivity contribution in [2.24, 2.45) is 0 Å². The smallest absolute Gasteiger partial charge is 0.166 e. The Morgan fingerprint density at radius 3 is 3.29 bits per heavy atom. The Morgan fingerprint density at radius 2 is 2.50 bits per heavy atom. The highest BCUT2D eigenvalue weighted by molar-refractivity contribution is 7.80. The topological polar surface area (TPSA) is 24.1 Å². The molecule has 0 aliphatic heterocycles. The predicted octanol–water partition coefficient (Wildman–Crippen LogP) is 2.22. The minimum Gasteiger partial charge on any atom is -0.366 e. The molecular weight excluding hydrogens is 212 g/mol. The molecule has 1 aromatic rings. The number of rotatable bonds is 1. The number of hydrogen-bond donors (Lipinski definition) is 2. The molecule has 2 nitrogen and oxygen atoms in total. The molecule has 1 unspecified atom stereocenters. The van der Waals surface area contributed by atoms with E-state index in [1.54, 1.807) is 0 Å². The quantitative estimate of drug-likeness (QED) is 0.718. The first-order chi connectivity index (χ1) is 6.81. The van der Waals surface area contributed by atoms with Crippen LogP contribution in [0.15, 0.2) is 11.4 Å². The first-order valence-electron chi connectivity index (χ1n) is 4.86. The van der Waals surface area contributed by atoms with Gasteiger partial charge in [-0.3, -0.25) is 0 Å². The summed E-state index contributed by atoms with van der Waals surface area (Å²) in [5.41, 5.74) is 1.44. The zero-order valence-corrected chi connectivity index (χ0v) is 9.80. The summed E-state index contributed by atoms with van der Waals surface area (Å²) in [6, 6.07) is 2.64. The highest BCUT2D eigenvalue weighted by Gasteiger charge is 2.21. The molecule has 0 saturated heterocycles. The van der Waals surface area contributed by atoms with Crippen LogP contribution in [0, 0.1) is 0 Å². The van der Waals surface area contributed by atoms with Crippen molar-refractivity contribution in [3.05, 3.63) is 21.9 Å². The minimum atomic E-state index is 0.421. The van der Waals surface area contributed by atoms with Crippen molar-refractivity contribution >= 4 is 28.7 Å². The number of hydrogen-bond acceptors (Lipinski definition) is 2. The first-order valence-corrected chi connectivity index (χ1v) is 6.14. The Bertz CT molecular complexity index is 333. The van der Waals surface area contributed by atoms with E-state index >= 15 is 0 Å². The van der Waals surface area contributed by atoms with Crippen molar-refractivity contribution in [1.82, 2.24) is 10.6 Å². The Balaban J connectivity index is 2.12. The van der Waals surface area contributed by atoms with Gasteiger partial charge in [-0.1, -0.05) is 0 Å². The van der Waals surface area contributed by atoms with Crippen molar-refractivity contribution in [1.29, 1.82) is 0 Å². The van der Waals surface area contributed by atoms with Crippen LogP contribution in [-0.2, 0) is 6.42 Å². The molecule has 0 bridgehead atoms. The van der Waals surface area contributed by atoms with Crippen LogP contribution in [-0.4, -0.2) is 12.2 Å². The highest BCUT2D eigenvalue weighted by Crippen LogP contribution is 2.32. The molecule has 0 amide bonds. The van der Waals surface area contributed by atoms with E-state index in [0.717, 1.165) is 5.11 Å². The van der Waals surface area contributed by atoms with E-state index in [4.69, 9.17) is 12.2 Å². The van der Waals surface area contributed by atoms with Gasteiger partial charge in [0.25, 0.3) is 0 Å². The minimum absolute atomic E-state index is 0.421. The molecule has 1 aromatic heterocycles. The molecule has 0 saturated carbocycles. The van der Waals surface area contributed by atoms with Crippen molar-refractivity contribution < 1.29 is 0 Å². The average molecular weight is 226 g/mol. The number of nitrogens with one attached hydrogen (secondary N) is 2. The van der Waals surface area contributed by atoms with E-state index in [1.807, 2.05) is 18.4 Å². The SMILES string of the molecule is CNC(=S)NC1CCCc2sccc21. The van der Waals surface area contributed by atoms with E-state index < -0.39 is 0 Å². The molecule has 14 heavy (non-hydrogen) atoms. The van der Waals surface area contributed by atoms with E-state index in [2.05, 4.69) is 22.1 Å². The molecule has 4 heteroatoms. The number of fused-ring (bicyclic) bond motifs is 1. The Morgan fingerprint density at radius 1 is 1.64 bits per heavy atom. The first kappa shape index (κ1) is 9.93. The van der Waals surface area contributed by atoms with Gasteiger partial charge in [-0.05, 0) is 48.5 Å². The summed E-state index contributed by atoms with van der Waals surface area (Å²) in [6.07, 6.45) is 3.68. The summed E-state index contributed by atoms with van der Waals surface area (Å²) < 4.78 is 0. The zero-order chi connectivity index (χ0) is 9.97. The summed E-state index contributed by atoms with van der Waals surface area (Å²) in [5, 5.41) is 9.22. The van der Waals surface area contributed by atoms with Crippen LogP contribution in [0.5, 0.6) is 0 Å². The van der Waals surface area contributed by atoms with Crippen LogP contribution >= 0.6 is 23.6 Å². The van der Waals surface area contributed by atoms with Gasteiger partial charge < -0.3 is 10.6 Å². The van der Waals surface area contributed by atoms with Crippen LogP contribution < -0.4 is 10.6 Å². The molecule has 0 spiro atoms. The molecule has 0 aromatic carbocycles. The number of thiophene rings is 1. The van der Waals surface area contributed by atoms with Crippen molar-refractivity contribution in [2.45, 2.75) is 25.3 Å². The lowest BCUT2D eigenvalue weighted by Crippen LogP contribution is -2.36. The maximum absolute atomic E-state index is 5.12. The molecule has 1 aliphatic rings. The van der Waals surface area contributed by atoms with E-state index in [0.29, 0.717) is 6.04 Å². The Labute approximate surface area is 93.7 Å². The van der Waals surface area contributed by atoms with Crippen LogP contribution in [0.4, 0.5) is 0 Å². The molecule has 1 aliphatic carbocycles. The van der Waals surface area contributed by atoms with Gasteiger partial charge >= 0.3 is 0 Å². The third kappa shape index (κ3) is 1.91. The van der Waals surface area contributed by atoms with E-state index in [-0.39, 0.29) is 0 Å². The van der Waals surface area contributed by atoms with Crippen LogP contribution in [0.3, 0.4) is 0 Å². The standard InChI is InChI=1S/C10H14N2S2/c1-11-10(13)12-8-3-2-4-9-7(8)5-6-14-9/h5-6,8H,2-4H2,1H3,(H2,11,12,13). The van der Waals surface area contributed by atoms with Gasteiger partial charge in [-0.2, -0.15) is 0 Å². The van der Waals surface area contributed by atoms with Crippen LogP contribution in [0.25, 0.3) is 0 Å². The lowest BCUT2D eigenvalue weighted by atomic mass is 9.94. The average Bonchev–Trinajstić information content (AvgIpc) is 2.66. The molecule has 76 valence electrons. The summed E-state index contributed by atoms with van der Waals surface area (Å²) in [6.45, 7) is 0. The van der Waals surface area contributed by atoms with Gasteiger partial charge in [-0.15, -0.1) is 11.3 Å². The zero-order valence-electron chi connectivity index (χ0n) is 8.17. The monoisotopic (exact) mass is 226 g/mol. The molecule has 0 fully saturated rings. The van der Waals surface area contributed by atoms with Gasteiger partial charge in [0.15, 0.2) is 5.11 Å². The van der Waals surface area contributed by atoms with Gasteiger partial charge in [0, 0.05) is 11.9 Å². The molecule has 2 N–H and O–H groups in total. The number of thiocarbonyl (C=S) groups is 1. The summed E-state index contributed by atoms with van der Waals surface area (Å²) in [4.78, 5) is 1.52. The van der Waals surface area contributed by atoms with Crippen molar-refractivity contribution in [3.63, 3.8) is 0 Å². The largest absolute Gasteiger partial charge is 0.366 e. The highest BCUT2D eigenvalue weighted by atomic mass is 32.1. The lowest BCUT2D eigenvalue weighted by Gasteiger charge is -2.24. The predicted molar refractivity (Wildman–Crippen MR) is 64.8 cm³/mol. The maximum atomic E-state index is 5.12. The third-order valence-corrected chi connectivity index (χ3v) is 3.90. The van der Waals surface area contributed by atoms with E-state index in [1.165, 1.54) is 29.7 Å². The molecule has 1 heterocycles. The fourth-order valence-corrected chi connectivity index (χ4v) is 3.00. The van der Waals surface area contributed by atoms with Gasteiger partial charge in [0.1, 0.15) is 0 Å². The van der Waals surface area contributed by atoms with E-state index in [9.17, 15) is 0 Å². The van der Waals surface area contributed by atoms with Gasteiger partial charge in [-0.25, -0.2) is 0 Å². The lowest BCUT2D eigenvalue weighted by molar-refractivity contribution is 0.531. The van der Waals surface area contributed by atoms with Gasteiger partial charge in [0.2, 0.25) is 0 Å². The fraction of sp³-hybridized carbons (Fsp3) is 0.500. The molecular formula is C10H14N2S2. The van der Waals surface area contributed by atoms with Crippen LogP contribution in [0.1, 0.15) is 29.3 Å². The van der Waals surface area contributed by atoms with Gasteiger partial charge in [0.05, 0.1) is 6.04 Å². The second-order valence-electron chi connectivity index (χ2n) is 3.47. The van der Waals surface area contributed by atoms with Crippen molar-refractivity contribution in [2.75, 3.05) is 7.05 Å². The fourth-order valence-electron chi connectivity index (χ4n) is 1.87. The summed E-state index contributed by atoms with van der Waals surface area (Å²) in [7, 11) is 1.85. The summed E-state index contributed by atoms with van der Waals surface area (Å²) >= 11 is 6.98. The normalized spacial score (nSPS) is 19.9. The Kier molecular flexibility index (Phi) is 3.03. The third-order valence-electron chi connectivity index (χ3n) is 2.58. The van der Waals surface area contributed by atoms with Crippen molar-refractivity contribution in [3.8, 4) is 0 Å².